The van der Waals surface area contributed by atoms with Crippen LogP contribution in [0.2, 0.25) is 5.02 Å². The SMILES string of the molecule is O=C(Nc1ccc(F)c(F)c1)c1cc([N+](=O)[O-])cc([N+](=O)[O-])c1Cl. The molecule has 0 radical (unpaired) electrons. The quantitative estimate of drug-likeness (QED) is 0.661. The van der Waals surface area contributed by atoms with E-state index in [1.165, 1.54) is 0 Å². The highest BCUT2D eigenvalue weighted by Gasteiger charge is 2.26. The Labute approximate surface area is 137 Å². The first kappa shape index (κ1) is 17.2. The number of halogens is 3. The van der Waals surface area contributed by atoms with E-state index < -0.39 is 49.3 Å². The van der Waals surface area contributed by atoms with Crippen molar-refractivity contribution < 1.29 is 23.4 Å². The van der Waals surface area contributed by atoms with Crippen LogP contribution in [0.1, 0.15) is 10.4 Å². The van der Waals surface area contributed by atoms with E-state index in [0.29, 0.717) is 12.1 Å². The normalized spacial score (nSPS) is 10.3. The first-order chi connectivity index (χ1) is 11.2. The fourth-order valence-electron chi connectivity index (χ4n) is 1.77. The summed E-state index contributed by atoms with van der Waals surface area (Å²) in [4.78, 5) is 31.9. The number of amides is 1. The number of hydrogen-bond donors (Lipinski definition) is 1. The molecule has 1 N–H and O–H groups in total. The van der Waals surface area contributed by atoms with Gasteiger partial charge in [0.2, 0.25) is 0 Å². The monoisotopic (exact) mass is 357 g/mol. The smallest absolute Gasteiger partial charge is 0.295 e. The maximum absolute atomic E-state index is 13.1. The molecule has 0 unspecified atom stereocenters. The Kier molecular flexibility index (Phi) is 4.69. The number of nitro benzene ring substituents is 2. The maximum Gasteiger partial charge on any atom is 0.295 e. The van der Waals surface area contributed by atoms with Crippen molar-refractivity contribution in [2.24, 2.45) is 0 Å². The average molecular weight is 358 g/mol. The summed E-state index contributed by atoms with van der Waals surface area (Å²) in [6.45, 7) is 0. The van der Waals surface area contributed by atoms with E-state index in [-0.39, 0.29) is 5.69 Å². The van der Waals surface area contributed by atoms with Crippen LogP contribution in [0.3, 0.4) is 0 Å². The first-order valence-corrected chi connectivity index (χ1v) is 6.47. The van der Waals surface area contributed by atoms with Crippen molar-refractivity contribution in [1.82, 2.24) is 0 Å². The third kappa shape index (κ3) is 3.43. The topological polar surface area (TPSA) is 115 Å². The average Bonchev–Trinajstić information content (AvgIpc) is 2.50. The molecule has 0 bridgehead atoms. The molecule has 24 heavy (non-hydrogen) atoms. The van der Waals surface area contributed by atoms with Crippen LogP contribution in [0, 0.1) is 31.9 Å². The summed E-state index contributed by atoms with van der Waals surface area (Å²) in [5.74, 6) is -3.43. The number of nitro groups is 2. The fraction of sp³-hybridized carbons (Fsp3) is 0. The number of nitrogens with zero attached hydrogens (tertiary/aromatic N) is 2. The fourth-order valence-corrected chi connectivity index (χ4v) is 2.03. The summed E-state index contributed by atoms with van der Waals surface area (Å²) < 4.78 is 26.0. The molecule has 0 atom stereocenters. The summed E-state index contributed by atoms with van der Waals surface area (Å²) in [6.07, 6.45) is 0. The molecule has 0 spiro atoms. The van der Waals surface area contributed by atoms with Crippen molar-refractivity contribution in [1.29, 1.82) is 0 Å². The summed E-state index contributed by atoms with van der Waals surface area (Å²) in [5, 5.41) is 23.2. The van der Waals surface area contributed by atoms with Crippen LogP contribution < -0.4 is 5.32 Å². The molecule has 0 aromatic heterocycles. The van der Waals surface area contributed by atoms with Crippen LogP contribution in [0.4, 0.5) is 25.8 Å². The second-order valence-electron chi connectivity index (χ2n) is 4.42. The van der Waals surface area contributed by atoms with E-state index in [1.807, 2.05) is 0 Å². The van der Waals surface area contributed by atoms with E-state index in [9.17, 15) is 33.8 Å². The Bertz CT molecular complexity index is 875. The number of hydrogen-bond acceptors (Lipinski definition) is 5. The van der Waals surface area contributed by atoms with Gasteiger partial charge in [0, 0.05) is 17.8 Å². The van der Waals surface area contributed by atoms with Gasteiger partial charge in [-0.05, 0) is 12.1 Å². The zero-order valence-corrected chi connectivity index (χ0v) is 12.2. The Morgan fingerprint density at radius 1 is 1.04 bits per heavy atom. The number of carbonyl (C=O) groups is 1. The van der Waals surface area contributed by atoms with Crippen LogP contribution in [0.5, 0.6) is 0 Å². The molecular weight excluding hydrogens is 352 g/mol. The third-order valence-corrected chi connectivity index (χ3v) is 3.27. The number of rotatable bonds is 4. The van der Waals surface area contributed by atoms with Gasteiger partial charge in [-0.3, -0.25) is 25.0 Å². The zero-order valence-electron chi connectivity index (χ0n) is 11.5. The van der Waals surface area contributed by atoms with Crippen LogP contribution in [-0.4, -0.2) is 15.8 Å². The molecule has 2 aromatic rings. The largest absolute Gasteiger partial charge is 0.322 e. The number of benzene rings is 2. The first-order valence-electron chi connectivity index (χ1n) is 6.09. The Hall–Kier alpha value is -3.14. The summed E-state index contributed by atoms with van der Waals surface area (Å²) in [5.41, 5.74) is -2.27. The van der Waals surface area contributed by atoms with Crippen molar-refractivity contribution in [2.45, 2.75) is 0 Å². The third-order valence-electron chi connectivity index (χ3n) is 2.87. The molecule has 2 aromatic carbocycles. The highest BCUT2D eigenvalue weighted by Crippen LogP contribution is 2.33. The number of nitrogens with one attached hydrogen (secondary N) is 1. The summed E-state index contributed by atoms with van der Waals surface area (Å²) in [7, 11) is 0. The van der Waals surface area contributed by atoms with E-state index in [1.54, 1.807) is 0 Å². The lowest BCUT2D eigenvalue weighted by Crippen LogP contribution is -2.14. The van der Waals surface area contributed by atoms with Gasteiger partial charge >= 0.3 is 0 Å². The molecular formula is C13H6ClF2N3O5. The molecule has 0 saturated heterocycles. The zero-order chi connectivity index (χ0) is 18.0. The highest BCUT2D eigenvalue weighted by atomic mass is 35.5. The van der Waals surface area contributed by atoms with Gasteiger partial charge in [0.25, 0.3) is 17.3 Å². The maximum atomic E-state index is 13.1. The molecule has 1 amide bonds. The van der Waals surface area contributed by atoms with Gasteiger partial charge in [0.1, 0.15) is 5.02 Å². The van der Waals surface area contributed by atoms with Crippen LogP contribution in [0.15, 0.2) is 30.3 Å². The van der Waals surface area contributed by atoms with Crippen molar-refractivity contribution in [3.8, 4) is 0 Å². The minimum absolute atomic E-state index is 0.163. The van der Waals surface area contributed by atoms with Crippen molar-refractivity contribution in [3.05, 3.63) is 72.8 Å². The number of non-ortho nitro benzene ring substituents is 1. The molecule has 2 rings (SSSR count). The van der Waals surface area contributed by atoms with Gasteiger partial charge in [0.05, 0.1) is 21.5 Å². The van der Waals surface area contributed by atoms with Crippen LogP contribution in [0.25, 0.3) is 0 Å². The van der Waals surface area contributed by atoms with E-state index in [2.05, 4.69) is 5.32 Å². The van der Waals surface area contributed by atoms with Crippen LogP contribution in [-0.2, 0) is 0 Å². The predicted molar refractivity (Wildman–Crippen MR) is 79.1 cm³/mol. The van der Waals surface area contributed by atoms with Crippen LogP contribution >= 0.6 is 11.6 Å². The predicted octanol–water partition coefficient (Wildman–Crippen LogP) is 3.69. The molecule has 0 heterocycles. The Morgan fingerprint density at radius 2 is 1.71 bits per heavy atom. The lowest BCUT2D eigenvalue weighted by atomic mass is 10.1. The minimum Gasteiger partial charge on any atom is -0.322 e. The number of carbonyl (C=O) groups excluding carboxylic acids is 1. The Morgan fingerprint density at radius 3 is 2.25 bits per heavy atom. The van der Waals surface area contributed by atoms with E-state index >= 15 is 0 Å². The van der Waals surface area contributed by atoms with Gasteiger partial charge in [-0.15, -0.1) is 0 Å². The number of anilines is 1. The molecule has 0 aliphatic heterocycles. The van der Waals surface area contributed by atoms with Crippen molar-refractivity contribution in [2.75, 3.05) is 5.32 Å². The van der Waals surface area contributed by atoms with Gasteiger partial charge < -0.3 is 5.32 Å². The lowest BCUT2D eigenvalue weighted by Gasteiger charge is -2.07. The molecule has 0 fully saturated rings. The van der Waals surface area contributed by atoms with Gasteiger partial charge in [-0.1, -0.05) is 11.6 Å². The molecule has 0 saturated carbocycles. The standard InChI is InChI=1S/C13H6ClF2N3O5/c14-12-8(4-7(18(21)22)5-11(12)19(23)24)13(20)17-6-1-2-9(15)10(16)3-6/h1-5H,(H,17,20). The molecule has 0 aliphatic rings. The summed E-state index contributed by atoms with van der Waals surface area (Å²) >= 11 is 5.74. The summed E-state index contributed by atoms with van der Waals surface area (Å²) in [6, 6.07) is 3.81. The van der Waals surface area contributed by atoms with Gasteiger partial charge in [0.15, 0.2) is 11.6 Å². The second-order valence-corrected chi connectivity index (χ2v) is 4.80. The lowest BCUT2D eigenvalue weighted by molar-refractivity contribution is -0.394. The van der Waals surface area contributed by atoms with Crippen molar-refractivity contribution >= 4 is 34.6 Å². The molecule has 11 heteroatoms. The highest BCUT2D eigenvalue weighted by molar-refractivity contribution is 6.36. The van der Waals surface area contributed by atoms with E-state index in [4.69, 9.17) is 11.6 Å². The minimum atomic E-state index is -1.23. The van der Waals surface area contributed by atoms with E-state index in [0.717, 1.165) is 18.2 Å². The van der Waals surface area contributed by atoms with Crippen molar-refractivity contribution in [3.63, 3.8) is 0 Å². The Balaban J connectivity index is 2.46. The molecule has 0 aliphatic carbocycles. The second kappa shape index (κ2) is 6.54. The molecule has 8 nitrogen and oxygen atoms in total. The molecule has 124 valence electrons. The van der Waals surface area contributed by atoms with Gasteiger partial charge in [-0.25, -0.2) is 8.78 Å². The van der Waals surface area contributed by atoms with Gasteiger partial charge in [-0.2, -0.15) is 0 Å².